The highest BCUT2D eigenvalue weighted by atomic mass is 19.3. The predicted molar refractivity (Wildman–Crippen MR) is 44.1 cm³/mol. The molecule has 0 aromatic heterocycles. The molecule has 1 fully saturated rings. The topological polar surface area (TPSA) is 69.1 Å². The summed E-state index contributed by atoms with van der Waals surface area (Å²) in [7, 11) is 0. The van der Waals surface area contributed by atoms with Gasteiger partial charge < -0.3 is 11.5 Å². The van der Waals surface area contributed by atoms with Crippen LogP contribution in [0, 0.1) is 5.92 Å². The molecule has 3 nitrogen and oxygen atoms in total. The lowest BCUT2D eigenvalue weighted by Gasteiger charge is -2.44. The minimum Gasteiger partial charge on any atom is -0.370 e. The van der Waals surface area contributed by atoms with Crippen LogP contribution in [-0.2, 0) is 4.79 Å². The zero-order chi connectivity index (χ0) is 10.3. The van der Waals surface area contributed by atoms with E-state index in [1.54, 1.807) is 6.92 Å². The van der Waals surface area contributed by atoms with Gasteiger partial charge in [-0.1, -0.05) is 0 Å². The summed E-state index contributed by atoms with van der Waals surface area (Å²) in [5.74, 6) is -3.43. The van der Waals surface area contributed by atoms with Gasteiger partial charge in [0.25, 0.3) is 0 Å². The first-order valence-electron chi connectivity index (χ1n) is 4.18. The van der Waals surface area contributed by atoms with Crippen molar-refractivity contribution in [2.75, 3.05) is 0 Å². The Hall–Kier alpha value is -0.710. The van der Waals surface area contributed by atoms with Crippen molar-refractivity contribution in [1.82, 2.24) is 0 Å². The average Bonchev–Trinajstić information content (AvgIpc) is 1.79. The molecule has 0 saturated heterocycles. The van der Waals surface area contributed by atoms with Crippen molar-refractivity contribution >= 4 is 5.91 Å². The molecule has 1 amide bonds. The average molecular weight is 192 g/mol. The molecule has 1 aliphatic carbocycles. The number of hydrogen-bond acceptors (Lipinski definition) is 2. The van der Waals surface area contributed by atoms with Crippen molar-refractivity contribution in [2.24, 2.45) is 17.4 Å². The lowest BCUT2D eigenvalue weighted by molar-refractivity contribution is -0.136. The minimum atomic E-state index is -2.59. The van der Waals surface area contributed by atoms with E-state index in [1.165, 1.54) is 0 Å². The van der Waals surface area contributed by atoms with Crippen LogP contribution >= 0.6 is 0 Å². The number of amides is 1. The van der Waals surface area contributed by atoms with Crippen LogP contribution in [0.4, 0.5) is 8.78 Å². The van der Waals surface area contributed by atoms with Gasteiger partial charge in [-0.05, 0) is 12.8 Å². The normalized spacial score (nSPS) is 26.2. The maximum absolute atomic E-state index is 12.5. The molecule has 1 saturated carbocycles. The molecule has 0 aromatic rings. The second-order valence-corrected chi connectivity index (χ2v) is 4.11. The van der Waals surface area contributed by atoms with E-state index in [9.17, 15) is 13.6 Å². The third-order valence-corrected chi connectivity index (χ3v) is 2.58. The van der Waals surface area contributed by atoms with E-state index >= 15 is 0 Å². The summed E-state index contributed by atoms with van der Waals surface area (Å²) < 4.78 is 25.0. The van der Waals surface area contributed by atoms with E-state index in [-0.39, 0.29) is 25.2 Å². The summed E-state index contributed by atoms with van der Waals surface area (Å²) in [6, 6.07) is 0. The van der Waals surface area contributed by atoms with Gasteiger partial charge in [-0.15, -0.1) is 0 Å². The van der Waals surface area contributed by atoms with Gasteiger partial charge in [-0.25, -0.2) is 8.78 Å². The Morgan fingerprint density at radius 2 is 2.08 bits per heavy atom. The molecule has 0 aromatic carbocycles. The summed E-state index contributed by atoms with van der Waals surface area (Å²) in [6.45, 7) is 1.59. The molecule has 1 unspecified atom stereocenters. The molecular formula is C8H14F2N2O. The molecule has 1 rings (SSSR count). The zero-order valence-corrected chi connectivity index (χ0v) is 7.52. The predicted octanol–water partition coefficient (Wildman–Crippen LogP) is 0.624. The Morgan fingerprint density at radius 3 is 2.38 bits per heavy atom. The highest BCUT2D eigenvalue weighted by Gasteiger charge is 2.51. The van der Waals surface area contributed by atoms with Crippen LogP contribution in [0.15, 0.2) is 0 Å². The van der Waals surface area contributed by atoms with Crippen LogP contribution in [0.25, 0.3) is 0 Å². The molecule has 0 heterocycles. The van der Waals surface area contributed by atoms with E-state index in [4.69, 9.17) is 11.5 Å². The fourth-order valence-corrected chi connectivity index (χ4v) is 1.65. The molecule has 1 atom stereocenters. The van der Waals surface area contributed by atoms with E-state index in [0.717, 1.165) is 0 Å². The summed E-state index contributed by atoms with van der Waals surface area (Å²) in [6.07, 6.45) is -0.492. The lowest BCUT2D eigenvalue weighted by Crippen LogP contribution is -2.55. The summed E-state index contributed by atoms with van der Waals surface area (Å²) >= 11 is 0. The van der Waals surface area contributed by atoms with Gasteiger partial charge in [0, 0.05) is 24.8 Å². The summed E-state index contributed by atoms with van der Waals surface area (Å²) in [4.78, 5) is 10.6. The molecular weight excluding hydrogens is 178 g/mol. The minimum absolute atomic E-state index is 0.0340. The SMILES string of the molecule is CC(N)(CC(N)=O)C1CC(F)(F)C1. The Kier molecular flexibility index (Phi) is 2.32. The molecule has 76 valence electrons. The molecule has 0 bridgehead atoms. The van der Waals surface area contributed by atoms with Crippen LogP contribution in [0.3, 0.4) is 0 Å². The Bertz CT molecular complexity index is 220. The number of hydrogen-bond donors (Lipinski definition) is 2. The second kappa shape index (κ2) is 2.90. The van der Waals surface area contributed by atoms with Crippen molar-refractivity contribution < 1.29 is 13.6 Å². The Morgan fingerprint density at radius 1 is 1.62 bits per heavy atom. The fraction of sp³-hybridized carbons (Fsp3) is 0.875. The number of alkyl halides is 2. The summed E-state index contributed by atoms with van der Waals surface area (Å²) in [5, 5.41) is 0. The molecule has 0 aliphatic heterocycles. The molecule has 5 heteroatoms. The van der Waals surface area contributed by atoms with Crippen molar-refractivity contribution in [1.29, 1.82) is 0 Å². The van der Waals surface area contributed by atoms with Crippen LogP contribution < -0.4 is 11.5 Å². The highest BCUT2D eigenvalue weighted by molar-refractivity contribution is 5.75. The monoisotopic (exact) mass is 192 g/mol. The van der Waals surface area contributed by atoms with Crippen molar-refractivity contribution in [2.45, 2.75) is 37.6 Å². The number of rotatable bonds is 3. The third-order valence-electron chi connectivity index (χ3n) is 2.58. The second-order valence-electron chi connectivity index (χ2n) is 4.11. The first-order chi connectivity index (χ1) is 5.73. The van der Waals surface area contributed by atoms with Gasteiger partial charge in [0.15, 0.2) is 0 Å². The molecule has 4 N–H and O–H groups in total. The van der Waals surface area contributed by atoms with Crippen molar-refractivity contribution in [3.63, 3.8) is 0 Å². The first-order valence-corrected chi connectivity index (χ1v) is 4.18. The van der Waals surface area contributed by atoms with Gasteiger partial charge >= 0.3 is 0 Å². The van der Waals surface area contributed by atoms with E-state index < -0.39 is 17.4 Å². The van der Waals surface area contributed by atoms with E-state index in [2.05, 4.69) is 0 Å². The smallest absolute Gasteiger partial charge is 0.248 e. The Labute approximate surface area is 75.5 Å². The third kappa shape index (κ3) is 2.37. The molecule has 0 radical (unpaired) electrons. The molecule has 0 spiro atoms. The van der Waals surface area contributed by atoms with Crippen LogP contribution in [-0.4, -0.2) is 17.4 Å². The quantitative estimate of drug-likeness (QED) is 0.688. The van der Waals surface area contributed by atoms with Crippen LogP contribution in [0.5, 0.6) is 0 Å². The number of carbonyl (C=O) groups is 1. The number of halogens is 2. The van der Waals surface area contributed by atoms with Gasteiger partial charge in [0.05, 0.1) is 0 Å². The number of nitrogens with two attached hydrogens (primary N) is 2. The van der Waals surface area contributed by atoms with Gasteiger partial charge in [0.1, 0.15) is 0 Å². The zero-order valence-electron chi connectivity index (χ0n) is 7.52. The van der Waals surface area contributed by atoms with Crippen molar-refractivity contribution in [3.8, 4) is 0 Å². The van der Waals surface area contributed by atoms with E-state index in [1.807, 2.05) is 0 Å². The maximum atomic E-state index is 12.5. The van der Waals surface area contributed by atoms with Crippen molar-refractivity contribution in [3.05, 3.63) is 0 Å². The molecule has 1 aliphatic rings. The van der Waals surface area contributed by atoms with Crippen LogP contribution in [0.1, 0.15) is 26.2 Å². The highest BCUT2D eigenvalue weighted by Crippen LogP contribution is 2.47. The van der Waals surface area contributed by atoms with Crippen LogP contribution in [0.2, 0.25) is 0 Å². The number of carbonyl (C=O) groups excluding carboxylic acids is 1. The van der Waals surface area contributed by atoms with Gasteiger partial charge in [-0.2, -0.15) is 0 Å². The first kappa shape index (κ1) is 10.4. The summed E-state index contributed by atoms with van der Waals surface area (Å²) in [5.41, 5.74) is 9.78. The van der Waals surface area contributed by atoms with Gasteiger partial charge in [0.2, 0.25) is 11.8 Å². The van der Waals surface area contributed by atoms with Gasteiger partial charge in [-0.3, -0.25) is 4.79 Å². The number of primary amides is 1. The fourth-order valence-electron chi connectivity index (χ4n) is 1.65. The van der Waals surface area contributed by atoms with E-state index in [0.29, 0.717) is 0 Å². The largest absolute Gasteiger partial charge is 0.370 e. The molecule has 13 heavy (non-hydrogen) atoms. The standard InChI is InChI=1S/C8H14F2N2O/c1-7(12,4-6(11)13)5-2-8(9,10)3-5/h5H,2-4,12H2,1H3,(H2,11,13). The Balaban J connectivity index is 2.48. The lowest BCUT2D eigenvalue weighted by atomic mass is 9.68. The maximum Gasteiger partial charge on any atom is 0.248 e.